The van der Waals surface area contributed by atoms with Gasteiger partial charge in [-0.05, 0) is 23.2 Å². The van der Waals surface area contributed by atoms with Crippen molar-refractivity contribution >= 4 is 11.6 Å². The van der Waals surface area contributed by atoms with E-state index >= 15 is 0 Å². The molecular formula is C12H14N6O. The minimum absolute atomic E-state index is 0.142. The van der Waals surface area contributed by atoms with Crippen LogP contribution in [-0.4, -0.2) is 19.0 Å². The van der Waals surface area contributed by atoms with Crippen LogP contribution in [0, 0.1) is 11.3 Å². The Balaban J connectivity index is 2.63. The summed E-state index contributed by atoms with van der Waals surface area (Å²) in [5, 5.41) is 18.1. The molecular weight excluding hydrogens is 244 g/mol. The summed E-state index contributed by atoms with van der Waals surface area (Å²) >= 11 is 0. The molecule has 7 nitrogen and oxygen atoms in total. The lowest BCUT2D eigenvalue weighted by Crippen LogP contribution is -2.22. The number of azide groups is 1. The predicted molar refractivity (Wildman–Crippen MR) is 71.1 cm³/mol. The highest BCUT2D eigenvalue weighted by Crippen LogP contribution is 2.15. The van der Waals surface area contributed by atoms with Crippen molar-refractivity contribution in [1.82, 2.24) is 5.32 Å². The number of carbonyl (C=O) groups excluding carboxylic acids is 1. The van der Waals surface area contributed by atoms with Crippen molar-refractivity contribution in [3.05, 3.63) is 40.3 Å². The van der Waals surface area contributed by atoms with E-state index in [-0.39, 0.29) is 5.91 Å². The molecule has 0 aromatic heterocycles. The molecule has 1 aromatic rings. The molecule has 0 aliphatic heterocycles. The minimum atomic E-state index is -0.472. The van der Waals surface area contributed by atoms with E-state index in [4.69, 9.17) is 10.8 Å². The van der Waals surface area contributed by atoms with Crippen molar-refractivity contribution in [3.8, 4) is 6.07 Å². The highest BCUT2D eigenvalue weighted by molar-refractivity contribution is 5.88. The molecule has 1 atom stereocenters. The standard InChI is InChI=1S/C12H14N6O/c1-9(19)17-11-4-2-10(3-5-11)12(8-13)15-6-7-16-18-14/h2-5,12,15H,6-7H2,1H3,(H,17,19). The average molecular weight is 258 g/mol. The van der Waals surface area contributed by atoms with Gasteiger partial charge in [0.15, 0.2) is 0 Å². The van der Waals surface area contributed by atoms with Gasteiger partial charge in [0.05, 0.1) is 6.07 Å². The number of hydrogen-bond acceptors (Lipinski definition) is 4. The van der Waals surface area contributed by atoms with Crippen LogP contribution in [0.2, 0.25) is 0 Å². The maximum Gasteiger partial charge on any atom is 0.221 e. The van der Waals surface area contributed by atoms with E-state index in [0.717, 1.165) is 5.56 Å². The lowest BCUT2D eigenvalue weighted by molar-refractivity contribution is -0.114. The minimum Gasteiger partial charge on any atom is -0.326 e. The molecule has 0 saturated heterocycles. The predicted octanol–water partition coefficient (Wildman–Crippen LogP) is 2.11. The van der Waals surface area contributed by atoms with Gasteiger partial charge in [0.2, 0.25) is 5.91 Å². The van der Waals surface area contributed by atoms with E-state index in [1.807, 2.05) is 0 Å². The van der Waals surface area contributed by atoms with Crippen LogP contribution in [0.15, 0.2) is 29.4 Å². The van der Waals surface area contributed by atoms with Crippen molar-refractivity contribution in [3.63, 3.8) is 0 Å². The summed E-state index contributed by atoms with van der Waals surface area (Å²) in [4.78, 5) is 13.5. The average Bonchev–Trinajstić information content (AvgIpc) is 2.40. The number of carbonyl (C=O) groups is 1. The third kappa shape index (κ3) is 5.08. The summed E-state index contributed by atoms with van der Waals surface area (Å²) in [7, 11) is 0. The Morgan fingerprint density at radius 1 is 1.53 bits per heavy atom. The molecule has 7 heteroatoms. The zero-order valence-electron chi connectivity index (χ0n) is 10.5. The summed E-state index contributed by atoms with van der Waals surface area (Å²) in [5.74, 6) is -0.142. The van der Waals surface area contributed by atoms with Crippen molar-refractivity contribution < 1.29 is 4.79 Å². The fourth-order valence-electron chi connectivity index (χ4n) is 1.50. The first-order valence-electron chi connectivity index (χ1n) is 5.68. The summed E-state index contributed by atoms with van der Waals surface area (Å²) < 4.78 is 0. The number of nitrogens with one attached hydrogen (secondary N) is 2. The van der Waals surface area contributed by atoms with Crippen molar-refractivity contribution in [2.75, 3.05) is 18.4 Å². The monoisotopic (exact) mass is 258 g/mol. The van der Waals surface area contributed by atoms with Gasteiger partial charge < -0.3 is 5.32 Å². The first kappa shape index (κ1) is 14.5. The third-order valence-electron chi connectivity index (χ3n) is 2.32. The maximum atomic E-state index is 10.9. The number of benzene rings is 1. The molecule has 2 N–H and O–H groups in total. The normalized spacial score (nSPS) is 10.9. The molecule has 19 heavy (non-hydrogen) atoms. The summed E-state index contributed by atoms with van der Waals surface area (Å²) in [5.41, 5.74) is 9.61. The largest absolute Gasteiger partial charge is 0.326 e. The van der Waals surface area contributed by atoms with Crippen molar-refractivity contribution in [2.45, 2.75) is 13.0 Å². The first-order chi connectivity index (χ1) is 9.17. The molecule has 0 fully saturated rings. The Bertz CT molecular complexity index is 512. The van der Waals surface area contributed by atoms with E-state index in [1.165, 1.54) is 6.92 Å². The molecule has 1 amide bonds. The Kier molecular flexibility index (Phi) is 5.89. The van der Waals surface area contributed by atoms with Gasteiger partial charge in [0, 0.05) is 30.6 Å². The van der Waals surface area contributed by atoms with Gasteiger partial charge in [-0.25, -0.2) is 0 Å². The topological polar surface area (TPSA) is 114 Å². The molecule has 0 aliphatic rings. The van der Waals surface area contributed by atoms with Crippen LogP contribution >= 0.6 is 0 Å². The Labute approximate surface area is 110 Å². The number of rotatable bonds is 6. The third-order valence-corrected chi connectivity index (χ3v) is 2.32. The zero-order chi connectivity index (χ0) is 14.1. The van der Waals surface area contributed by atoms with Crippen LogP contribution in [0.1, 0.15) is 18.5 Å². The number of nitriles is 1. The second kappa shape index (κ2) is 7.71. The summed E-state index contributed by atoms with van der Waals surface area (Å²) in [6.45, 7) is 2.15. The molecule has 98 valence electrons. The first-order valence-corrected chi connectivity index (χ1v) is 5.68. The highest BCUT2D eigenvalue weighted by Gasteiger charge is 2.08. The quantitative estimate of drug-likeness (QED) is 0.352. The second-order valence-electron chi connectivity index (χ2n) is 3.77. The van der Waals surface area contributed by atoms with Gasteiger partial charge >= 0.3 is 0 Å². The Hall–Kier alpha value is -2.55. The molecule has 0 radical (unpaired) electrons. The van der Waals surface area contributed by atoms with Gasteiger partial charge in [-0.2, -0.15) is 5.26 Å². The molecule has 0 saturated carbocycles. The van der Waals surface area contributed by atoms with Gasteiger partial charge in [0.1, 0.15) is 6.04 Å². The lowest BCUT2D eigenvalue weighted by atomic mass is 10.1. The fourth-order valence-corrected chi connectivity index (χ4v) is 1.50. The van der Waals surface area contributed by atoms with Crippen LogP contribution in [-0.2, 0) is 4.79 Å². The highest BCUT2D eigenvalue weighted by atomic mass is 16.1. The molecule has 0 heterocycles. The van der Waals surface area contributed by atoms with Crippen LogP contribution in [0.25, 0.3) is 10.4 Å². The van der Waals surface area contributed by atoms with E-state index in [1.54, 1.807) is 24.3 Å². The van der Waals surface area contributed by atoms with Crippen LogP contribution < -0.4 is 10.6 Å². The summed E-state index contributed by atoms with van der Waals surface area (Å²) in [6, 6.07) is 8.64. The van der Waals surface area contributed by atoms with Crippen molar-refractivity contribution in [1.29, 1.82) is 5.26 Å². The maximum absolute atomic E-state index is 10.9. The van der Waals surface area contributed by atoms with Gasteiger partial charge in [-0.1, -0.05) is 17.2 Å². The van der Waals surface area contributed by atoms with Gasteiger partial charge in [-0.3, -0.25) is 10.1 Å². The number of hydrogen-bond donors (Lipinski definition) is 2. The van der Waals surface area contributed by atoms with Crippen LogP contribution in [0.3, 0.4) is 0 Å². The molecule has 1 rings (SSSR count). The molecule has 1 unspecified atom stereocenters. The van der Waals surface area contributed by atoms with E-state index < -0.39 is 6.04 Å². The van der Waals surface area contributed by atoms with E-state index in [0.29, 0.717) is 18.8 Å². The second-order valence-corrected chi connectivity index (χ2v) is 3.77. The van der Waals surface area contributed by atoms with Crippen LogP contribution in [0.4, 0.5) is 5.69 Å². The Morgan fingerprint density at radius 3 is 2.74 bits per heavy atom. The molecule has 0 spiro atoms. The molecule has 0 bridgehead atoms. The fraction of sp³-hybridized carbons (Fsp3) is 0.333. The smallest absolute Gasteiger partial charge is 0.221 e. The lowest BCUT2D eigenvalue weighted by Gasteiger charge is -2.11. The van der Waals surface area contributed by atoms with Crippen LogP contribution in [0.5, 0.6) is 0 Å². The van der Waals surface area contributed by atoms with Gasteiger partial charge in [0.25, 0.3) is 0 Å². The SMILES string of the molecule is CC(=O)Nc1ccc(C(C#N)NCCN=[N+]=[N-])cc1. The van der Waals surface area contributed by atoms with Crippen molar-refractivity contribution in [2.24, 2.45) is 5.11 Å². The molecule has 0 aliphatic carbocycles. The number of nitrogens with zero attached hydrogens (tertiary/aromatic N) is 4. The summed E-state index contributed by atoms with van der Waals surface area (Å²) in [6.07, 6.45) is 0. The zero-order valence-corrected chi connectivity index (χ0v) is 10.5. The molecule has 1 aromatic carbocycles. The number of amides is 1. The van der Waals surface area contributed by atoms with Gasteiger partial charge in [-0.15, -0.1) is 0 Å². The number of anilines is 1. The van der Waals surface area contributed by atoms with E-state index in [9.17, 15) is 4.79 Å². The van der Waals surface area contributed by atoms with E-state index in [2.05, 4.69) is 26.7 Å². The Morgan fingerprint density at radius 2 is 2.21 bits per heavy atom.